The predicted octanol–water partition coefficient (Wildman–Crippen LogP) is 0.235. The Hall–Kier alpha value is -3.06. The maximum Gasteiger partial charge on any atom is 0.370 e. The lowest BCUT2D eigenvalue weighted by molar-refractivity contribution is -0.149. The summed E-state index contributed by atoms with van der Waals surface area (Å²) < 4.78 is 4.76. The number of nitrogen functional groups attached to an aromatic ring is 2. The van der Waals surface area contributed by atoms with Crippen LogP contribution in [0, 0.1) is 0 Å². The van der Waals surface area contributed by atoms with Crippen molar-refractivity contribution in [2.75, 3.05) is 25.7 Å². The SMILES string of the molecule is CON=C(C(=O)OC(=O)C(=NOC)c1csc(N)n1)c1csc(N)n1. The minimum absolute atomic E-state index is 0.102. The van der Waals surface area contributed by atoms with E-state index in [-0.39, 0.29) is 33.1 Å². The van der Waals surface area contributed by atoms with E-state index in [4.69, 9.17) is 16.2 Å². The van der Waals surface area contributed by atoms with Gasteiger partial charge in [-0.15, -0.1) is 22.7 Å². The van der Waals surface area contributed by atoms with E-state index in [0.29, 0.717) is 0 Å². The first-order valence-corrected chi connectivity index (χ1v) is 8.13. The van der Waals surface area contributed by atoms with Gasteiger partial charge < -0.3 is 25.9 Å². The minimum atomic E-state index is -1.11. The molecule has 0 atom stereocenters. The fourth-order valence-electron chi connectivity index (χ4n) is 1.53. The maximum atomic E-state index is 12.2. The zero-order valence-corrected chi connectivity index (χ0v) is 14.6. The third-order valence-corrected chi connectivity index (χ3v) is 3.81. The molecule has 0 saturated heterocycles. The van der Waals surface area contributed by atoms with Crippen molar-refractivity contribution < 1.29 is 24.0 Å². The molecule has 0 saturated carbocycles. The highest BCUT2D eigenvalue weighted by Gasteiger charge is 2.27. The van der Waals surface area contributed by atoms with Gasteiger partial charge in [-0.2, -0.15) is 0 Å². The molecule has 132 valence electrons. The van der Waals surface area contributed by atoms with Crippen LogP contribution in [0.1, 0.15) is 11.4 Å². The van der Waals surface area contributed by atoms with Crippen LogP contribution >= 0.6 is 22.7 Å². The van der Waals surface area contributed by atoms with Crippen LogP contribution in [0.5, 0.6) is 0 Å². The number of carbonyl (C=O) groups is 2. The van der Waals surface area contributed by atoms with Gasteiger partial charge in [0.2, 0.25) is 11.4 Å². The number of aromatic nitrogens is 2. The first-order chi connectivity index (χ1) is 12.0. The number of hydrogen-bond donors (Lipinski definition) is 2. The molecule has 2 aromatic heterocycles. The fourth-order valence-corrected chi connectivity index (χ4v) is 2.63. The van der Waals surface area contributed by atoms with Crippen LogP contribution in [-0.4, -0.2) is 47.5 Å². The zero-order valence-electron chi connectivity index (χ0n) is 13.0. The highest BCUT2D eigenvalue weighted by molar-refractivity contribution is 7.14. The number of anilines is 2. The van der Waals surface area contributed by atoms with Crippen LogP contribution < -0.4 is 11.5 Å². The number of ether oxygens (including phenoxy) is 1. The molecule has 2 aromatic rings. The zero-order chi connectivity index (χ0) is 18.4. The maximum absolute atomic E-state index is 12.2. The molecular formula is C12H12N6O5S2. The van der Waals surface area contributed by atoms with Crippen LogP contribution in [0.4, 0.5) is 10.3 Å². The number of nitrogens with zero attached hydrogens (tertiary/aromatic N) is 4. The number of rotatable bonds is 6. The smallest absolute Gasteiger partial charge is 0.370 e. The number of carbonyl (C=O) groups excluding carboxylic acids is 2. The summed E-state index contributed by atoms with van der Waals surface area (Å²) in [6.45, 7) is 0. The third-order valence-electron chi connectivity index (χ3n) is 2.47. The molecule has 0 fully saturated rings. The standard InChI is InChI=1S/C12H12N6O5S2/c1-21-17-7(5-3-24-11(13)15-5)9(19)23-10(20)8(18-22-2)6-4-25-12(14)16-6/h3-4H,1-2H3,(H2,13,15)(H2,14,16). The summed E-state index contributed by atoms with van der Waals surface area (Å²) in [6, 6.07) is 0. The number of hydrogen-bond acceptors (Lipinski definition) is 13. The molecule has 2 heterocycles. The van der Waals surface area contributed by atoms with Crippen molar-refractivity contribution in [1.82, 2.24) is 9.97 Å². The van der Waals surface area contributed by atoms with E-state index in [1.165, 1.54) is 25.0 Å². The molecule has 0 aliphatic rings. The first kappa shape index (κ1) is 18.3. The Kier molecular flexibility index (Phi) is 5.97. The lowest BCUT2D eigenvalue weighted by atomic mass is 10.3. The van der Waals surface area contributed by atoms with Gasteiger partial charge in [0.25, 0.3) is 0 Å². The van der Waals surface area contributed by atoms with Gasteiger partial charge in [0.05, 0.1) is 0 Å². The Labute approximate surface area is 148 Å². The van der Waals surface area contributed by atoms with Gasteiger partial charge in [-0.1, -0.05) is 10.3 Å². The van der Waals surface area contributed by atoms with Gasteiger partial charge in [0, 0.05) is 10.8 Å². The van der Waals surface area contributed by atoms with Gasteiger partial charge in [0.15, 0.2) is 10.3 Å². The Morgan fingerprint density at radius 1 is 0.920 bits per heavy atom. The summed E-state index contributed by atoms with van der Waals surface area (Å²) in [5.74, 6) is -2.21. The topological polar surface area (TPSA) is 164 Å². The van der Waals surface area contributed by atoms with Crippen molar-refractivity contribution in [3.8, 4) is 0 Å². The van der Waals surface area contributed by atoms with E-state index in [0.717, 1.165) is 22.7 Å². The normalized spacial score (nSPS) is 11.9. The van der Waals surface area contributed by atoms with Crippen LogP contribution in [0.2, 0.25) is 0 Å². The lowest BCUT2D eigenvalue weighted by Gasteiger charge is -2.04. The highest BCUT2D eigenvalue weighted by atomic mass is 32.1. The molecule has 0 amide bonds. The first-order valence-electron chi connectivity index (χ1n) is 6.37. The van der Waals surface area contributed by atoms with E-state index in [9.17, 15) is 9.59 Å². The third kappa shape index (κ3) is 4.48. The minimum Gasteiger partial charge on any atom is -0.398 e. The quantitative estimate of drug-likeness (QED) is 0.307. The summed E-state index contributed by atoms with van der Waals surface area (Å²) in [4.78, 5) is 41.4. The molecule has 4 N–H and O–H groups in total. The van der Waals surface area contributed by atoms with Crippen molar-refractivity contribution in [2.24, 2.45) is 10.3 Å². The van der Waals surface area contributed by atoms with Crippen molar-refractivity contribution in [1.29, 1.82) is 0 Å². The number of oxime groups is 2. The molecule has 0 aliphatic carbocycles. The van der Waals surface area contributed by atoms with Crippen molar-refractivity contribution in [3.63, 3.8) is 0 Å². The largest absolute Gasteiger partial charge is 0.398 e. The van der Waals surface area contributed by atoms with E-state index < -0.39 is 11.9 Å². The second kappa shape index (κ2) is 8.16. The Morgan fingerprint density at radius 3 is 1.60 bits per heavy atom. The summed E-state index contributed by atoms with van der Waals surface area (Å²) in [5, 5.41) is 10.4. The fraction of sp³-hybridized carbons (Fsp3) is 0.167. The summed E-state index contributed by atoms with van der Waals surface area (Å²) >= 11 is 2.16. The molecule has 25 heavy (non-hydrogen) atoms. The summed E-state index contributed by atoms with van der Waals surface area (Å²) in [7, 11) is 2.45. The molecule has 0 bridgehead atoms. The van der Waals surface area contributed by atoms with E-state index in [2.05, 4.69) is 30.0 Å². The monoisotopic (exact) mass is 384 g/mol. The van der Waals surface area contributed by atoms with Crippen molar-refractivity contribution in [3.05, 3.63) is 22.1 Å². The van der Waals surface area contributed by atoms with Crippen LogP contribution in [0.15, 0.2) is 21.1 Å². The molecule has 0 aliphatic heterocycles. The van der Waals surface area contributed by atoms with Crippen LogP contribution in [0.3, 0.4) is 0 Å². The Balaban J connectivity index is 2.23. The molecule has 0 radical (unpaired) electrons. The number of thiazole rings is 2. The van der Waals surface area contributed by atoms with Gasteiger partial charge in [-0.3, -0.25) is 0 Å². The van der Waals surface area contributed by atoms with Gasteiger partial charge in [-0.25, -0.2) is 19.6 Å². The van der Waals surface area contributed by atoms with Crippen molar-refractivity contribution in [2.45, 2.75) is 0 Å². The molecule has 0 spiro atoms. The summed E-state index contributed by atoms with van der Waals surface area (Å²) in [5.41, 5.74) is 10.6. The molecule has 2 rings (SSSR count). The number of nitrogens with two attached hydrogens (primary N) is 2. The second-order valence-electron chi connectivity index (χ2n) is 4.06. The summed E-state index contributed by atoms with van der Waals surface area (Å²) in [6.07, 6.45) is 0. The Morgan fingerprint density at radius 2 is 1.32 bits per heavy atom. The second-order valence-corrected chi connectivity index (χ2v) is 5.84. The van der Waals surface area contributed by atoms with E-state index >= 15 is 0 Å². The van der Waals surface area contributed by atoms with Gasteiger partial charge in [-0.05, 0) is 0 Å². The van der Waals surface area contributed by atoms with E-state index in [1.807, 2.05) is 0 Å². The molecule has 11 nitrogen and oxygen atoms in total. The molecule has 0 unspecified atom stereocenters. The van der Waals surface area contributed by atoms with Gasteiger partial charge >= 0.3 is 11.9 Å². The van der Waals surface area contributed by atoms with Crippen LogP contribution in [0.25, 0.3) is 0 Å². The Bertz CT molecular complexity index is 774. The average molecular weight is 384 g/mol. The van der Waals surface area contributed by atoms with Crippen molar-refractivity contribution >= 4 is 56.3 Å². The average Bonchev–Trinajstić information content (AvgIpc) is 3.18. The van der Waals surface area contributed by atoms with E-state index in [1.54, 1.807) is 0 Å². The van der Waals surface area contributed by atoms with Gasteiger partial charge in [0.1, 0.15) is 25.6 Å². The van der Waals surface area contributed by atoms with Crippen LogP contribution in [-0.2, 0) is 24.0 Å². The molecule has 0 aromatic carbocycles. The lowest BCUT2D eigenvalue weighted by Crippen LogP contribution is -2.28. The predicted molar refractivity (Wildman–Crippen MR) is 91.2 cm³/mol. The highest BCUT2D eigenvalue weighted by Crippen LogP contribution is 2.15. The molecular weight excluding hydrogens is 372 g/mol. The molecule has 13 heteroatoms. The number of esters is 2.